The van der Waals surface area contributed by atoms with Crippen molar-refractivity contribution >= 4 is 22.7 Å². The van der Waals surface area contributed by atoms with Crippen LogP contribution in [0.15, 0.2) is 70.6 Å². The molecule has 0 spiro atoms. The van der Waals surface area contributed by atoms with Crippen LogP contribution in [-0.4, -0.2) is 4.57 Å². The highest BCUT2D eigenvalue weighted by atomic mass is 32.2. The zero-order valence-corrected chi connectivity index (χ0v) is 13.7. The van der Waals surface area contributed by atoms with Crippen molar-refractivity contribution in [3.63, 3.8) is 0 Å². The van der Waals surface area contributed by atoms with Gasteiger partial charge in [0.05, 0.1) is 5.03 Å². The summed E-state index contributed by atoms with van der Waals surface area (Å²) in [4.78, 5) is 1.29. The fraction of sp³-hybridized carbons (Fsp3) is 0.263. The van der Waals surface area contributed by atoms with Gasteiger partial charge in [0.15, 0.2) is 0 Å². The number of hydrogen-bond donors (Lipinski definition) is 0. The molecule has 0 amide bonds. The zero-order chi connectivity index (χ0) is 14.9. The molecule has 0 aliphatic rings. The largest absolute Gasteiger partial charge is 0.335 e. The Balaban J connectivity index is 2.06. The minimum Gasteiger partial charge on any atom is -0.335 e. The van der Waals surface area contributed by atoms with Gasteiger partial charge in [0.25, 0.3) is 0 Å². The smallest absolute Gasteiger partial charge is 0.0807 e. The Hall–Kier alpha value is -1.67. The van der Waals surface area contributed by atoms with E-state index in [1.807, 2.05) is 11.8 Å². The van der Waals surface area contributed by atoms with Crippen LogP contribution in [-0.2, 0) is 6.54 Å². The van der Waals surface area contributed by atoms with Gasteiger partial charge in [-0.25, -0.2) is 0 Å². The Bertz CT molecular complexity index is 735. The molecule has 2 aromatic carbocycles. The molecule has 0 radical (unpaired) electrons. The number of rotatable bonds is 3. The highest BCUT2D eigenvalue weighted by molar-refractivity contribution is 7.99. The molecule has 0 aliphatic heterocycles. The molecular formula is C19H21NS. The van der Waals surface area contributed by atoms with Crippen molar-refractivity contribution in [1.29, 1.82) is 0 Å². The summed E-state index contributed by atoms with van der Waals surface area (Å²) in [6.45, 7) is 7.89. The second-order valence-corrected chi connectivity index (χ2v) is 7.70. The molecule has 0 fully saturated rings. The number of benzene rings is 2. The maximum absolute atomic E-state index is 2.45. The number of nitrogens with zero attached hydrogens (tertiary/aromatic N) is 1. The van der Waals surface area contributed by atoms with E-state index < -0.39 is 0 Å². The Labute approximate surface area is 131 Å². The second kappa shape index (κ2) is 5.61. The van der Waals surface area contributed by atoms with Crippen LogP contribution < -0.4 is 0 Å². The van der Waals surface area contributed by atoms with Gasteiger partial charge in [-0.05, 0) is 29.7 Å². The van der Waals surface area contributed by atoms with Crippen LogP contribution in [0.4, 0.5) is 0 Å². The molecule has 0 N–H and O–H groups in total. The highest BCUT2D eigenvalue weighted by Crippen LogP contribution is 2.34. The van der Waals surface area contributed by atoms with Crippen molar-refractivity contribution in [2.24, 2.45) is 5.41 Å². The van der Waals surface area contributed by atoms with Gasteiger partial charge in [0.2, 0.25) is 0 Å². The first-order chi connectivity index (χ1) is 10.0. The minimum absolute atomic E-state index is 0.258. The summed E-state index contributed by atoms with van der Waals surface area (Å²) < 4.78 is 2.45. The topological polar surface area (TPSA) is 4.93 Å². The van der Waals surface area contributed by atoms with E-state index in [0.29, 0.717) is 0 Å². The van der Waals surface area contributed by atoms with Crippen molar-refractivity contribution in [1.82, 2.24) is 4.57 Å². The van der Waals surface area contributed by atoms with Crippen LogP contribution in [0.3, 0.4) is 0 Å². The summed E-state index contributed by atoms with van der Waals surface area (Å²) in [7, 11) is 0. The van der Waals surface area contributed by atoms with E-state index in [9.17, 15) is 0 Å². The maximum atomic E-state index is 2.45. The summed E-state index contributed by atoms with van der Waals surface area (Å²) >= 11 is 1.84. The van der Waals surface area contributed by atoms with Crippen LogP contribution in [0.25, 0.3) is 10.9 Å². The monoisotopic (exact) mass is 295 g/mol. The first-order valence-corrected chi connectivity index (χ1v) is 8.16. The predicted octanol–water partition coefficient (Wildman–Crippen LogP) is 5.84. The van der Waals surface area contributed by atoms with Gasteiger partial charge in [0.1, 0.15) is 0 Å². The Morgan fingerprint density at radius 2 is 1.57 bits per heavy atom. The van der Waals surface area contributed by atoms with E-state index in [1.54, 1.807) is 0 Å². The van der Waals surface area contributed by atoms with Gasteiger partial charge in [-0.15, -0.1) is 0 Å². The van der Waals surface area contributed by atoms with Crippen LogP contribution in [0.1, 0.15) is 20.8 Å². The molecule has 21 heavy (non-hydrogen) atoms. The SMILES string of the molecule is CC(C)(C)Cn1c(Sc2ccccc2)cc2ccccc21. The molecule has 0 aliphatic carbocycles. The Morgan fingerprint density at radius 3 is 2.29 bits per heavy atom. The lowest BCUT2D eigenvalue weighted by atomic mass is 9.97. The third-order valence-corrected chi connectivity index (χ3v) is 4.43. The third-order valence-electron chi connectivity index (χ3n) is 3.37. The summed E-state index contributed by atoms with van der Waals surface area (Å²) in [5, 5.41) is 2.64. The van der Waals surface area contributed by atoms with E-state index in [0.717, 1.165) is 6.54 Å². The summed E-state index contributed by atoms with van der Waals surface area (Å²) in [6, 6.07) is 21.6. The normalized spacial score (nSPS) is 12.0. The first-order valence-electron chi connectivity index (χ1n) is 7.34. The molecular weight excluding hydrogens is 274 g/mol. The molecule has 0 atom stereocenters. The molecule has 1 aromatic heterocycles. The third kappa shape index (κ3) is 3.33. The van der Waals surface area contributed by atoms with E-state index in [2.05, 4.69) is 86.0 Å². The lowest BCUT2D eigenvalue weighted by Gasteiger charge is -2.22. The van der Waals surface area contributed by atoms with Crippen LogP contribution in [0, 0.1) is 5.41 Å². The van der Waals surface area contributed by atoms with E-state index in [-0.39, 0.29) is 5.41 Å². The number of fused-ring (bicyclic) bond motifs is 1. The summed E-state index contributed by atoms with van der Waals surface area (Å²) in [6.07, 6.45) is 0. The molecule has 0 saturated heterocycles. The molecule has 3 rings (SSSR count). The molecule has 0 saturated carbocycles. The van der Waals surface area contributed by atoms with Gasteiger partial charge in [-0.2, -0.15) is 0 Å². The second-order valence-electron chi connectivity index (χ2n) is 6.60. The number of para-hydroxylation sites is 1. The van der Waals surface area contributed by atoms with Crippen molar-refractivity contribution < 1.29 is 0 Å². The fourth-order valence-corrected chi connectivity index (χ4v) is 3.51. The van der Waals surface area contributed by atoms with Crippen molar-refractivity contribution in [2.45, 2.75) is 37.2 Å². The fourth-order valence-electron chi connectivity index (χ4n) is 2.52. The van der Waals surface area contributed by atoms with E-state index in [1.165, 1.54) is 20.8 Å². The van der Waals surface area contributed by atoms with Crippen molar-refractivity contribution in [3.8, 4) is 0 Å². The first kappa shape index (κ1) is 14.3. The average molecular weight is 295 g/mol. The van der Waals surface area contributed by atoms with Gasteiger partial charge in [0, 0.05) is 22.3 Å². The summed E-state index contributed by atoms with van der Waals surface area (Å²) in [5.74, 6) is 0. The minimum atomic E-state index is 0.258. The van der Waals surface area contributed by atoms with Crippen LogP contribution >= 0.6 is 11.8 Å². The number of aromatic nitrogens is 1. The zero-order valence-electron chi connectivity index (χ0n) is 12.8. The molecule has 108 valence electrons. The summed E-state index contributed by atoms with van der Waals surface area (Å²) in [5.41, 5.74) is 1.58. The molecule has 3 aromatic rings. The lowest BCUT2D eigenvalue weighted by molar-refractivity contribution is 0.339. The number of hydrogen-bond acceptors (Lipinski definition) is 1. The van der Waals surface area contributed by atoms with Crippen molar-refractivity contribution in [2.75, 3.05) is 0 Å². The van der Waals surface area contributed by atoms with Gasteiger partial charge < -0.3 is 4.57 Å². The molecule has 1 nitrogen and oxygen atoms in total. The Morgan fingerprint density at radius 1 is 0.905 bits per heavy atom. The molecule has 1 heterocycles. The van der Waals surface area contributed by atoms with E-state index >= 15 is 0 Å². The standard InChI is InChI=1S/C19H21NS/c1-19(2,3)14-20-17-12-8-7-9-15(17)13-18(20)21-16-10-5-4-6-11-16/h4-13H,14H2,1-3H3. The molecule has 0 bridgehead atoms. The van der Waals surface area contributed by atoms with Gasteiger partial charge in [-0.1, -0.05) is 68.9 Å². The maximum Gasteiger partial charge on any atom is 0.0807 e. The van der Waals surface area contributed by atoms with Gasteiger partial charge >= 0.3 is 0 Å². The van der Waals surface area contributed by atoms with Crippen LogP contribution in [0.5, 0.6) is 0 Å². The van der Waals surface area contributed by atoms with Crippen molar-refractivity contribution in [3.05, 3.63) is 60.7 Å². The van der Waals surface area contributed by atoms with E-state index in [4.69, 9.17) is 0 Å². The average Bonchev–Trinajstić information content (AvgIpc) is 2.76. The Kier molecular flexibility index (Phi) is 3.81. The lowest BCUT2D eigenvalue weighted by Crippen LogP contribution is -2.15. The molecule has 0 unspecified atom stereocenters. The predicted molar refractivity (Wildman–Crippen MR) is 92.0 cm³/mol. The van der Waals surface area contributed by atoms with Crippen LogP contribution in [0.2, 0.25) is 0 Å². The highest BCUT2D eigenvalue weighted by Gasteiger charge is 2.16. The van der Waals surface area contributed by atoms with Gasteiger partial charge in [-0.3, -0.25) is 0 Å². The molecule has 2 heteroatoms. The quantitative estimate of drug-likeness (QED) is 0.587.